The van der Waals surface area contributed by atoms with Gasteiger partial charge in [-0.25, -0.2) is 9.37 Å². The quantitative estimate of drug-likeness (QED) is 0.695. The van der Waals surface area contributed by atoms with E-state index in [9.17, 15) is 4.39 Å². The number of halogens is 1. The molecule has 0 aliphatic heterocycles. The van der Waals surface area contributed by atoms with Crippen LogP contribution in [0.5, 0.6) is 5.88 Å². The van der Waals surface area contributed by atoms with Crippen LogP contribution >= 0.6 is 0 Å². The Labute approximate surface area is 138 Å². The Balaban J connectivity index is 2.51. The molecule has 0 aliphatic carbocycles. The number of benzene rings is 1. The number of nitrogens with zero attached hydrogens (tertiary/aromatic N) is 1. The van der Waals surface area contributed by atoms with Crippen molar-refractivity contribution in [1.82, 2.24) is 4.98 Å². The summed E-state index contributed by atoms with van der Waals surface area (Å²) >= 11 is 0. The summed E-state index contributed by atoms with van der Waals surface area (Å²) < 4.78 is 19.5. The van der Waals surface area contributed by atoms with Crippen LogP contribution in [0, 0.1) is 18.2 Å². The van der Waals surface area contributed by atoms with Gasteiger partial charge in [0.1, 0.15) is 5.82 Å². The highest BCUT2D eigenvalue weighted by Crippen LogP contribution is 2.35. The standard InChI is InChI=1S/C20H26FNO/c1-6-9-20(3,4)12-15-10-14(2)7-8-16(15)17-11-19(23-5)22-13-18(17)21/h7-8,10-11,13H,6,9,12H2,1-5H3. The number of ether oxygens (including phenoxy) is 1. The van der Waals surface area contributed by atoms with E-state index in [-0.39, 0.29) is 11.2 Å². The maximum absolute atomic E-state index is 14.3. The van der Waals surface area contributed by atoms with E-state index in [1.165, 1.54) is 17.3 Å². The molecule has 3 heteroatoms. The zero-order valence-corrected chi connectivity index (χ0v) is 14.7. The highest BCUT2D eigenvalue weighted by Gasteiger charge is 2.21. The van der Waals surface area contributed by atoms with Crippen molar-refractivity contribution >= 4 is 0 Å². The van der Waals surface area contributed by atoms with Crippen molar-refractivity contribution in [3.8, 4) is 17.0 Å². The lowest BCUT2D eigenvalue weighted by Gasteiger charge is -2.26. The number of hydrogen-bond donors (Lipinski definition) is 0. The monoisotopic (exact) mass is 315 g/mol. The fourth-order valence-corrected chi connectivity index (χ4v) is 3.15. The second-order valence-corrected chi connectivity index (χ2v) is 6.96. The molecule has 1 heterocycles. The number of aryl methyl sites for hydroxylation is 1. The zero-order valence-electron chi connectivity index (χ0n) is 14.7. The predicted octanol–water partition coefficient (Wildman–Crippen LogP) is 5.57. The second-order valence-electron chi connectivity index (χ2n) is 6.96. The van der Waals surface area contributed by atoms with E-state index in [2.05, 4.69) is 38.7 Å². The average molecular weight is 315 g/mol. The van der Waals surface area contributed by atoms with Crippen LogP contribution in [-0.4, -0.2) is 12.1 Å². The van der Waals surface area contributed by atoms with Gasteiger partial charge in [0, 0.05) is 11.6 Å². The summed E-state index contributed by atoms with van der Waals surface area (Å²) in [5.74, 6) is 0.116. The Morgan fingerprint density at radius 2 is 1.91 bits per heavy atom. The van der Waals surface area contributed by atoms with E-state index in [0.717, 1.165) is 24.8 Å². The molecule has 0 N–H and O–H groups in total. The number of pyridine rings is 1. The summed E-state index contributed by atoms with van der Waals surface area (Å²) in [5.41, 5.74) is 4.04. The van der Waals surface area contributed by atoms with Crippen LogP contribution in [0.1, 0.15) is 44.7 Å². The van der Waals surface area contributed by atoms with Gasteiger partial charge in [-0.2, -0.15) is 0 Å². The van der Waals surface area contributed by atoms with Crippen LogP contribution in [0.3, 0.4) is 0 Å². The molecule has 0 saturated heterocycles. The van der Waals surface area contributed by atoms with Crippen molar-refractivity contribution < 1.29 is 9.13 Å². The maximum Gasteiger partial charge on any atom is 0.213 e. The van der Waals surface area contributed by atoms with Gasteiger partial charge in [-0.15, -0.1) is 0 Å². The molecule has 0 atom stereocenters. The van der Waals surface area contributed by atoms with Crippen LogP contribution in [-0.2, 0) is 6.42 Å². The van der Waals surface area contributed by atoms with E-state index in [1.807, 2.05) is 12.1 Å². The maximum atomic E-state index is 14.3. The van der Waals surface area contributed by atoms with Crippen LogP contribution in [0.4, 0.5) is 4.39 Å². The van der Waals surface area contributed by atoms with E-state index < -0.39 is 0 Å². The third-order valence-electron chi connectivity index (χ3n) is 4.19. The lowest BCUT2D eigenvalue weighted by Crippen LogP contribution is -2.15. The van der Waals surface area contributed by atoms with Gasteiger partial charge < -0.3 is 4.74 Å². The molecule has 124 valence electrons. The van der Waals surface area contributed by atoms with Gasteiger partial charge in [-0.3, -0.25) is 0 Å². The molecule has 0 radical (unpaired) electrons. The van der Waals surface area contributed by atoms with Crippen molar-refractivity contribution in [3.63, 3.8) is 0 Å². The number of hydrogen-bond acceptors (Lipinski definition) is 2. The van der Waals surface area contributed by atoms with Crippen LogP contribution < -0.4 is 4.74 Å². The van der Waals surface area contributed by atoms with Gasteiger partial charge in [-0.1, -0.05) is 51.0 Å². The van der Waals surface area contributed by atoms with E-state index in [0.29, 0.717) is 11.4 Å². The first-order valence-electron chi connectivity index (χ1n) is 8.15. The van der Waals surface area contributed by atoms with Gasteiger partial charge in [0.15, 0.2) is 0 Å². The molecule has 0 spiro atoms. The van der Waals surface area contributed by atoms with Gasteiger partial charge in [0.05, 0.1) is 13.3 Å². The molecular formula is C20H26FNO. The molecule has 0 bridgehead atoms. The van der Waals surface area contributed by atoms with Crippen LogP contribution in [0.2, 0.25) is 0 Å². The molecule has 23 heavy (non-hydrogen) atoms. The first-order chi connectivity index (χ1) is 10.9. The molecule has 0 amide bonds. The molecular weight excluding hydrogens is 289 g/mol. The van der Waals surface area contributed by atoms with Crippen molar-refractivity contribution in [2.24, 2.45) is 5.41 Å². The molecule has 1 aromatic carbocycles. The number of rotatable bonds is 6. The third-order valence-corrected chi connectivity index (χ3v) is 4.19. The zero-order chi connectivity index (χ0) is 17.0. The summed E-state index contributed by atoms with van der Waals surface area (Å²) in [6.07, 6.45) is 4.44. The molecule has 2 rings (SSSR count). The summed E-state index contributed by atoms with van der Waals surface area (Å²) in [6.45, 7) is 8.81. The van der Waals surface area contributed by atoms with Gasteiger partial charge in [0.25, 0.3) is 0 Å². The minimum absolute atomic E-state index is 0.185. The normalized spacial score (nSPS) is 11.6. The van der Waals surface area contributed by atoms with Gasteiger partial charge in [-0.05, 0) is 36.3 Å². The molecule has 0 fully saturated rings. The number of aromatic nitrogens is 1. The van der Waals surface area contributed by atoms with Crippen molar-refractivity contribution in [1.29, 1.82) is 0 Å². The first-order valence-corrected chi connectivity index (χ1v) is 8.15. The van der Waals surface area contributed by atoms with Crippen LogP contribution in [0.25, 0.3) is 11.1 Å². The Morgan fingerprint density at radius 1 is 1.17 bits per heavy atom. The Kier molecular flexibility index (Phi) is 5.40. The lowest BCUT2D eigenvalue weighted by molar-refractivity contribution is 0.329. The molecule has 2 nitrogen and oxygen atoms in total. The van der Waals surface area contributed by atoms with Crippen LogP contribution in [0.15, 0.2) is 30.5 Å². The average Bonchev–Trinajstić information content (AvgIpc) is 2.48. The van der Waals surface area contributed by atoms with E-state index in [1.54, 1.807) is 13.2 Å². The lowest BCUT2D eigenvalue weighted by atomic mass is 9.79. The smallest absolute Gasteiger partial charge is 0.213 e. The molecule has 0 unspecified atom stereocenters. The second kappa shape index (κ2) is 7.12. The minimum atomic E-state index is -0.316. The molecule has 1 aromatic heterocycles. The van der Waals surface area contributed by atoms with Gasteiger partial charge >= 0.3 is 0 Å². The van der Waals surface area contributed by atoms with Crippen molar-refractivity contribution in [2.45, 2.75) is 47.0 Å². The van der Waals surface area contributed by atoms with E-state index >= 15 is 0 Å². The predicted molar refractivity (Wildman–Crippen MR) is 93.3 cm³/mol. The largest absolute Gasteiger partial charge is 0.481 e. The van der Waals surface area contributed by atoms with E-state index in [4.69, 9.17) is 4.74 Å². The van der Waals surface area contributed by atoms with Crippen molar-refractivity contribution in [2.75, 3.05) is 7.11 Å². The third kappa shape index (κ3) is 4.31. The van der Waals surface area contributed by atoms with Crippen molar-refractivity contribution in [3.05, 3.63) is 47.4 Å². The summed E-state index contributed by atoms with van der Waals surface area (Å²) in [4.78, 5) is 3.94. The molecule has 0 aliphatic rings. The highest BCUT2D eigenvalue weighted by molar-refractivity contribution is 5.69. The molecule has 0 saturated carbocycles. The van der Waals surface area contributed by atoms with Gasteiger partial charge in [0.2, 0.25) is 5.88 Å². The first kappa shape index (κ1) is 17.5. The Bertz CT molecular complexity index is 679. The summed E-state index contributed by atoms with van der Waals surface area (Å²) in [5, 5.41) is 0. The Morgan fingerprint density at radius 3 is 2.57 bits per heavy atom. The SMILES string of the molecule is CCCC(C)(C)Cc1cc(C)ccc1-c1cc(OC)ncc1F. The summed E-state index contributed by atoms with van der Waals surface area (Å²) in [7, 11) is 1.55. The topological polar surface area (TPSA) is 22.1 Å². The highest BCUT2D eigenvalue weighted by atomic mass is 19.1. The number of methoxy groups -OCH3 is 1. The Hall–Kier alpha value is -1.90. The fraction of sp³-hybridized carbons (Fsp3) is 0.450. The summed E-state index contributed by atoms with van der Waals surface area (Å²) in [6, 6.07) is 7.87. The minimum Gasteiger partial charge on any atom is -0.481 e. The molecule has 2 aromatic rings. The fourth-order valence-electron chi connectivity index (χ4n) is 3.15.